The van der Waals surface area contributed by atoms with Gasteiger partial charge in [0.25, 0.3) is 0 Å². The van der Waals surface area contributed by atoms with Gasteiger partial charge in [-0.2, -0.15) is 0 Å². The van der Waals surface area contributed by atoms with Crippen molar-refractivity contribution in [3.05, 3.63) is 36.5 Å². The summed E-state index contributed by atoms with van der Waals surface area (Å²) in [4.78, 5) is 24.5. The molecule has 0 spiro atoms. The van der Waals surface area contributed by atoms with Crippen molar-refractivity contribution in [3.63, 3.8) is 0 Å². The van der Waals surface area contributed by atoms with Crippen LogP contribution in [0.15, 0.2) is 36.5 Å². The van der Waals surface area contributed by atoms with Gasteiger partial charge in [0.15, 0.2) is 0 Å². The van der Waals surface area contributed by atoms with E-state index < -0.39 is 12.1 Å². The zero-order chi connectivity index (χ0) is 49.3. The lowest BCUT2D eigenvalue weighted by molar-refractivity contribution is -0.143. The molecule has 6 heteroatoms. The third kappa shape index (κ3) is 53.4. The van der Waals surface area contributed by atoms with Crippen molar-refractivity contribution in [2.45, 2.75) is 334 Å². The molecular formula is C62H117NO5. The molecule has 2 unspecified atom stereocenters. The monoisotopic (exact) mass is 956 g/mol. The van der Waals surface area contributed by atoms with Gasteiger partial charge in [0, 0.05) is 12.8 Å². The van der Waals surface area contributed by atoms with Gasteiger partial charge in [-0.1, -0.05) is 262 Å². The highest BCUT2D eigenvalue weighted by Crippen LogP contribution is 2.16. The first-order chi connectivity index (χ1) is 33.5. The number of hydrogen-bond donors (Lipinski definition) is 3. The van der Waals surface area contributed by atoms with Gasteiger partial charge in [-0.3, -0.25) is 9.59 Å². The van der Waals surface area contributed by atoms with Gasteiger partial charge < -0.3 is 20.3 Å². The molecule has 0 saturated heterocycles. The number of nitrogens with one attached hydrogen (secondary N) is 1. The van der Waals surface area contributed by atoms with Gasteiger partial charge in [-0.05, 0) is 83.5 Å². The van der Waals surface area contributed by atoms with Gasteiger partial charge in [-0.15, -0.1) is 0 Å². The van der Waals surface area contributed by atoms with E-state index in [1.165, 1.54) is 231 Å². The van der Waals surface area contributed by atoms with Crippen molar-refractivity contribution < 1.29 is 24.5 Å². The van der Waals surface area contributed by atoms with Gasteiger partial charge >= 0.3 is 5.97 Å². The average molecular weight is 957 g/mol. The molecule has 400 valence electrons. The van der Waals surface area contributed by atoms with E-state index in [2.05, 4.69) is 43.5 Å². The second kappa shape index (κ2) is 57.7. The Bertz CT molecular complexity index is 1100. The van der Waals surface area contributed by atoms with Crippen molar-refractivity contribution in [3.8, 4) is 0 Å². The number of hydrogen-bond acceptors (Lipinski definition) is 5. The molecule has 0 fully saturated rings. The Hall–Kier alpha value is -1.92. The Morgan fingerprint density at radius 3 is 1.04 bits per heavy atom. The van der Waals surface area contributed by atoms with Gasteiger partial charge in [0.2, 0.25) is 5.91 Å². The molecule has 0 saturated carbocycles. The summed E-state index contributed by atoms with van der Waals surface area (Å²) in [5.74, 6) is -0.0950. The maximum atomic E-state index is 12.5. The van der Waals surface area contributed by atoms with Crippen LogP contribution in [0.5, 0.6) is 0 Å². The molecule has 1 amide bonds. The summed E-state index contributed by atoms with van der Waals surface area (Å²) in [6.07, 6.45) is 71.7. The van der Waals surface area contributed by atoms with Gasteiger partial charge in [0.05, 0.1) is 25.4 Å². The van der Waals surface area contributed by atoms with Crippen LogP contribution in [0.4, 0.5) is 0 Å². The second-order valence-electron chi connectivity index (χ2n) is 20.7. The summed E-state index contributed by atoms with van der Waals surface area (Å²) >= 11 is 0. The molecule has 68 heavy (non-hydrogen) atoms. The van der Waals surface area contributed by atoms with Crippen molar-refractivity contribution in [1.29, 1.82) is 0 Å². The number of unbranched alkanes of at least 4 members (excludes halogenated alkanes) is 41. The van der Waals surface area contributed by atoms with E-state index in [9.17, 15) is 19.8 Å². The van der Waals surface area contributed by atoms with Crippen molar-refractivity contribution >= 4 is 11.9 Å². The van der Waals surface area contributed by atoms with Crippen LogP contribution in [0.2, 0.25) is 0 Å². The lowest BCUT2D eigenvalue weighted by Crippen LogP contribution is -2.45. The van der Waals surface area contributed by atoms with E-state index in [1.54, 1.807) is 6.08 Å². The lowest BCUT2D eigenvalue weighted by atomic mass is 10.0. The first-order valence-corrected chi connectivity index (χ1v) is 30.3. The normalized spacial score (nSPS) is 12.8. The molecule has 0 aliphatic carbocycles. The zero-order valence-corrected chi connectivity index (χ0v) is 45.6. The number of esters is 1. The van der Waals surface area contributed by atoms with Crippen LogP contribution < -0.4 is 5.32 Å². The highest BCUT2D eigenvalue weighted by molar-refractivity contribution is 5.76. The van der Waals surface area contributed by atoms with E-state index in [0.29, 0.717) is 19.4 Å². The van der Waals surface area contributed by atoms with E-state index in [0.717, 1.165) is 64.2 Å². The largest absolute Gasteiger partial charge is 0.466 e. The van der Waals surface area contributed by atoms with E-state index in [1.807, 2.05) is 6.08 Å². The molecule has 0 aliphatic rings. The number of amides is 1. The minimum absolute atomic E-state index is 0.0116. The minimum atomic E-state index is -0.856. The molecule has 0 aromatic rings. The molecule has 0 aliphatic heterocycles. The smallest absolute Gasteiger partial charge is 0.305 e. The van der Waals surface area contributed by atoms with Crippen molar-refractivity contribution in [1.82, 2.24) is 5.32 Å². The van der Waals surface area contributed by atoms with Crippen molar-refractivity contribution in [2.75, 3.05) is 13.2 Å². The number of carbonyl (C=O) groups excluding carboxylic acids is 2. The van der Waals surface area contributed by atoms with Crippen LogP contribution in [0.3, 0.4) is 0 Å². The van der Waals surface area contributed by atoms with E-state index in [4.69, 9.17) is 4.74 Å². The third-order valence-corrected chi connectivity index (χ3v) is 13.9. The number of aliphatic hydroxyl groups is 2. The standard InChI is InChI=1S/C62H117NO5/c1-3-5-7-9-11-13-15-17-19-20-21-22-23-27-30-34-38-42-46-50-54-60(65)59(58-64)63-61(66)55-51-47-43-39-35-31-28-24-25-29-33-37-41-45-49-53-57-68-62(67)56-52-48-44-40-36-32-26-18-16-14-12-10-8-6-4-2/h18,24,26,28,50,54,59-60,64-65H,3-17,19-23,25,27,29-49,51-53,55-58H2,1-2H3,(H,63,66)/b26-18-,28-24-,54-50+. The first kappa shape index (κ1) is 66.1. The number of allylic oxidation sites excluding steroid dienone is 5. The highest BCUT2D eigenvalue weighted by atomic mass is 16.5. The molecule has 2 atom stereocenters. The molecule has 3 N–H and O–H groups in total. The first-order valence-electron chi connectivity index (χ1n) is 30.3. The van der Waals surface area contributed by atoms with E-state index in [-0.39, 0.29) is 18.5 Å². The van der Waals surface area contributed by atoms with Gasteiger partial charge in [0.1, 0.15) is 0 Å². The molecule has 0 bridgehead atoms. The second-order valence-corrected chi connectivity index (χ2v) is 20.7. The van der Waals surface area contributed by atoms with Crippen LogP contribution in [-0.2, 0) is 14.3 Å². The fourth-order valence-corrected chi connectivity index (χ4v) is 9.21. The summed E-state index contributed by atoms with van der Waals surface area (Å²) in [5, 5.41) is 23.2. The lowest BCUT2D eigenvalue weighted by Gasteiger charge is -2.20. The van der Waals surface area contributed by atoms with Gasteiger partial charge in [-0.25, -0.2) is 0 Å². The summed E-state index contributed by atoms with van der Waals surface area (Å²) in [5.41, 5.74) is 0. The average Bonchev–Trinajstić information content (AvgIpc) is 3.34. The molecule has 6 nitrogen and oxygen atoms in total. The predicted octanol–water partition coefficient (Wildman–Crippen LogP) is 18.8. The summed E-state index contributed by atoms with van der Waals surface area (Å²) in [6, 6.07) is -0.641. The molecule has 0 heterocycles. The predicted molar refractivity (Wildman–Crippen MR) is 296 cm³/mol. The number of carbonyl (C=O) groups is 2. The Morgan fingerprint density at radius 2 is 0.691 bits per heavy atom. The van der Waals surface area contributed by atoms with Crippen LogP contribution in [0.1, 0.15) is 322 Å². The molecule has 0 aromatic carbocycles. The van der Waals surface area contributed by atoms with Crippen LogP contribution in [-0.4, -0.2) is 47.4 Å². The highest BCUT2D eigenvalue weighted by Gasteiger charge is 2.18. The summed E-state index contributed by atoms with van der Waals surface area (Å²) in [6.45, 7) is 4.89. The topological polar surface area (TPSA) is 95.9 Å². The quantitative estimate of drug-likeness (QED) is 0.0321. The Morgan fingerprint density at radius 1 is 0.397 bits per heavy atom. The number of rotatable bonds is 56. The molecule has 0 rings (SSSR count). The van der Waals surface area contributed by atoms with Crippen molar-refractivity contribution in [2.24, 2.45) is 0 Å². The van der Waals surface area contributed by atoms with Crippen LogP contribution in [0.25, 0.3) is 0 Å². The van der Waals surface area contributed by atoms with Crippen LogP contribution >= 0.6 is 0 Å². The fourth-order valence-electron chi connectivity index (χ4n) is 9.21. The number of aliphatic hydroxyl groups excluding tert-OH is 2. The summed E-state index contributed by atoms with van der Waals surface area (Å²) < 4.78 is 5.47. The number of ether oxygens (including phenoxy) is 1. The minimum Gasteiger partial charge on any atom is -0.466 e. The Balaban J connectivity index is 3.50. The molecular weight excluding hydrogens is 839 g/mol. The maximum absolute atomic E-state index is 12.5. The van der Waals surface area contributed by atoms with Crippen LogP contribution in [0, 0.1) is 0 Å². The molecule has 0 radical (unpaired) electrons. The summed E-state index contributed by atoms with van der Waals surface area (Å²) in [7, 11) is 0. The SMILES string of the molecule is CCCCCCCC/C=C\CCCCCCCC(=O)OCCCCCCCCC/C=C\CCCCCCCC(=O)NC(CO)C(O)/C=C/CCCCCCCCCCCCCCCCCCCC. The Kier molecular flexibility index (Phi) is 56.0. The zero-order valence-electron chi connectivity index (χ0n) is 45.6. The maximum Gasteiger partial charge on any atom is 0.305 e. The third-order valence-electron chi connectivity index (χ3n) is 13.9. The van der Waals surface area contributed by atoms with E-state index >= 15 is 0 Å². The fraction of sp³-hybridized carbons (Fsp3) is 0.871. The molecule has 0 aromatic heterocycles. The Labute approximate surface area is 424 Å².